The zero-order valence-electron chi connectivity index (χ0n) is 36.8. The molecule has 0 bridgehead atoms. The molecule has 0 saturated heterocycles. The largest absolute Gasteiger partial charge is 0.510 e. The fraction of sp³-hybridized carbons (Fsp3) is 0.409. The van der Waals surface area contributed by atoms with Crippen LogP contribution in [-0.4, -0.2) is 170 Å². The molecule has 2 aromatic carbocycles. The molecule has 6 aliphatic carbocycles. The van der Waals surface area contributed by atoms with Crippen LogP contribution in [0.25, 0.3) is 0 Å². The molecule has 0 fully saturated rings. The highest BCUT2D eigenvalue weighted by Gasteiger charge is 2.71. The third-order valence-corrected chi connectivity index (χ3v) is 14.1. The van der Waals surface area contributed by atoms with Crippen molar-refractivity contribution < 1.29 is 90.0 Å². The summed E-state index contributed by atoms with van der Waals surface area (Å²) in [5.74, 6) is -19.3. The molecule has 2 amide bonds. The maximum atomic E-state index is 13.3. The number of hydrogen-bond acceptors (Lipinski definition) is 20. The summed E-state index contributed by atoms with van der Waals surface area (Å²) in [6.07, 6.45) is -3.74. The van der Waals surface area contributed by atoms with E-state index in [1.165, 1.54) is 88.2 Å². The molecule has 6 aliphatic rings. The lowest BCUT2D eigenvalue weighted by molar-refractivity contribution is -0.173. The van der Waals surface area contributed by atoms with Crippen LogP contribution in [0.3, 0.4) is 0 Å². The van der Waals surface area contributed by atoms with Gasteiger partial charge in [0.2, 0.25) is 11.6 Å². The van der Waals surface area contributed by atoms with E-state index in [1.54, 1.807) is 0 Å². The van der Waals surface area contributed by atoms with Gasteiger partial charge in [-0.05, 0) is 65.3 Å². The van der Waals surface area contributed by atoms with Gasteiger partial charge in [0.1, 0.15) is 45.7 Å². The van der Waals surface area contributed by atoms with Crippen LogP contribution in [0.2, 0.25) is 0 Å². The second kappa shape index (κ2) is 16.9. The maximum absolute atomic E-state index is 13.3. The van der Waals surface area contributed by atoms with Crippen molar-refractivity contribution in [2.75, 3.05) is 28.2 Å². The van der Waals surface area contributed by atoms with Crippen molar-refractivity contribution >= 4 is 59.8 Å². The molecule has 368 valence electrons. The topological polar surface area (TPSA) is 404 Å². The Morgan fingerprint density at radius 2 is 0.853 bits per heavy atom. The highest BCUT2D eigenvalue weighted by atomic mass is 35.5. The second-order valence-electron chi connectivity index (χ2n) is 18.1. The standard InChI is InChI=1S/2C22H24N2O9.2ClH/c2*1-21(32)7-5-4-6-8(25)9(7)15(26)10-12(21)17(28)13-14(24(2)3)16(27)11(20(23)31)19(30)22(13,33)18(10)29;;/h2*4-6,12-14,17,25,27-29,32-33H,1-3H3,(H2,23,31);2*1H. The Morgan fingerprint density at radius 3 is 1.12 bits per heavy atom. The molecule has 24 heteroatoms. The van der Waals surface area contributed by atoms with Crippen molar-refractivity contribution in [3.63, 3.8) is 0 Å². The van der Waals surface area contributed by atoms with Crippen molar-refractivity contribution in [3.8, 4) is 11.5 Å². The Morgan fingerprint density at radius 1 is 0.559 bits per heavy atom. The minimum absolute atomic E-state index is 0. The van der Waals surface area contributed by atoms with Gasteiger partial charge in [0.05, 0.1) is 81.4 Å². The average Bonchev–Trinajstić information content (AvgIpc) is 3.20. The minimum Gasteiger partial charge on any atom is -0.510 e. The molecule has 0 heterocycles. The van der Waals surface area contributed by atoms with Gasteiger partial charge in [-0.3, -0.25) is 38.6 Å². The molecule has 0 spiro atoms. The average molecular weight is 994 g/mol. The number of amides is 2. The number of aliphatic hydroxyl groups is 10. The van der Waals surface area contributed by atoms with Crippen molar-refractivity contribution in [1.29, 1.82) is 0 Å². The Labute approximate surface area is 397 Å². The number of phenolic OH excluding ortho intramolecular Hbond substituents is 2. The smallest absolute Gasteiger partial charge is 0.255 e. The van der Waals surface area contributed by atoms with Crippen molar-refractivity contribution in [1.82, 2.24) is 9.80 Å². The van der Waals surface area contributed by atoms with Gasteiger partial charge in [-0.1, -0.05) is 24.3 Å². The van der Waals surface area contributed by atoms with E-state index in [2.05, 4.69) is 0 Å². The number of hydrogen-bond donors (Lipinski definition) is 14. The summed E-state index contributed by atoms with van der Waals surface area (Å²) in [6.45, 7) is 2.51. The number of aromatic hydroxyl groups is 2. The second-order valence-corrected chi connectivity index (χ2v) is 18.1. The summed E-state index contributed by atoms with van der Waals surface area (Å²) in [7, 11) is 5.71. The van der Waals surface area contributed by atoms with Gasteiger partial charge in [0.15, 0.2) is 22.8 Å². The van der Waals surface area contributed by atoms with E-state index in [9.17, 15) is 90.0 Å². The van der Waals surface area contributed by atoms with E-state index in [0.29, 0.717) is 0 Å². The maximum Gasteiger partial charge on any atom is 0.255 e. The number of aliphatic hydroxyl groups excluding tert-OH is 6. The lowest BCUT2D eigenvalue weighted by Crippen LogP contribution is -2.70. The summed E-state index contributed by atoms with van der Waals surface area (Å²) in [4.78, 5) is 79.6. The van der Waals surface area contributed by atoms with Crippen LogP contribution in [0.1, 0.15) is 45.7 Å². The Balaban J connectivity index is 0.000000247. The summed E-state index contributed by atoms with van der Waals surface area (Å²) in [5.41, 5.74) is -3.76. The summed E-state index contributed by atoms with van der Waals surface area (Å²) >= 11 is 0. The summed E-state index contributed by atoms with van der Waals surface area (Å²) in [5, 5.41) is 133. The number of phenols is 2. The lowest BCUT2D eigenvalue weighted by Gasteiger charge is -2.55. The molecule has 0 aromatic heterocycles. The number of Topliss-reactive ketones (excluding diaryl/α,β-unsaturated/α-hetero) is 4. The normalized spacial score (nSPS) is 34.9. The number of nitrogens with two attached hydrogens (primary N) is 2. The first-order valence-electron chi connectivity index (χ1n) is 20.2. The van der Waals surface area contributed by atoms with E-state index in [1.807, 2.05) is 0 Å². The fourth-order valence-electron chi connectivity index (χ4n) is 11.2. The van der Waals surface area contributed by atoms with Gasteiger partial charge in [-0.15, -0.1) is 24.8 Å². The Hall–Kier alpha value is -5.92. The molecule has 16 N–H and O–H groups in total. The number of rotatable bonds is 4. The minimum atomic E-state index is -3.02. The Bertz CT molecular complexity index is 2560. The molecular formula is C44H50Cl2N4O18. The highest BCUT2D eigenvalue weighted by molar-refractivity contribution is 6.26. The summed E-state index contributed by atoms with van der Waals surface area (Å²) in [6, 6.07) is 5.07. The molecule has 68 heavy (non-hydrogen) atoms. The van der Waals surface area contributed by atoms with Crippen molar-refractivity contribution in [3.05, 3.63) is 104 Å². The van der Waals surface area contributed by atoms with Gasteiger partial charge in [0.25, 0.3) is 11.8 Å². The van der Waals surface area contributed by atoms with Crippen LogP contribution in [0, 0.1) is 23.7 Å². The predicted octanol–water partition coefficient (Wildman–Crippen LogP) is -1.64. The number of nitrogens with zero attached hydrogens (tertiary/aromatic N) is 2. The van der Waals surface area contributed by atoms with Crippen LogP contribution in [0.15, 0.2) is 81.7 Å². The van der Waals surface area contributed by atoms with Gasteiger partial charge in [0, 0.05) is 0 Å². The van der Waals surface area contributed by atoms with Gasteiger partial charge in [-0.25, -0.2) is 0 Å². The van der Waals surface area contributed by atoms with Gasteiger partial charge < -0.3 is 72.7 Å². The molecule has 8 rings (SSSR count). The number of carbonyl (C=O) groups is 6. The molecule has 0 saturated carbocycles. The molecular weight excluding hydrogens is 943 g/mol. The summed E-state index contributed by atoms with van der Waals surface area (Å²) < 4.78 is 0. The van der Waals surface area contributed by atoms with E-state index >= 15 is 0 Å². The SMILES string of the molecule is CN(C)C1C(O)=C(C(N)=O)C(=O)C2(O)C(O)=C3C(=O)c4c(O)cccc4C(C)(O)C3C(O)C12.CN(C)C1C(O)=C(C(N)=O)C(=O)C2(O)C(O)=C3C(=O)c4c(O)cccc4C(C)(O)C3C(O)C12.Cl.Cl. The van der Waals surface area contributed by atoms with E-state index in [4.69, 9.17) is 11.5 Å². The van der Waals surface area contributed by atoms with Crippen LogP contribution < -0.4 is 11.5 Å². The van der Waals surface area contributed by atoms with Crippen LogP contribution >= 0.6 is 24.8 Å². The number of primary amides is 2. The van der Waals surface area contributed by atoms with E-state index in [0.717, 1.165) is 0 Å². The number of benzene rings is 2. The zero-order chi connectivity index (χ0) is 49.6. The Kier molecular flexibility index (Phi) is 13.2. The first kappa shape index (κ1) is 53.0. The van der Waals surface area contributed by atoms with Gasteiger partial charge in [-0.2, -0.15) is 0 Å². The third-order valence-electron chi connectivity index (χ3n) is 14.1. The molecule has 0 radical (unpaired) electrons. The number of ketones is 4. The number of carbonyl (C=O) groups excluding carboxylic acids is 6. The predicted molar refractivity (Wildman–Crippen MR) is 236 cm³/mol. The van der Waals surface area contributed by atoms with Crippen LogP contribution in [0.5, 0.6) is 11.5 Å². The highest BCUT2D eigenvalue weighted by Crippen LogP contribution is 2.58. The molecule has 12 unspecified atom stereocenters. The van der Waals surface area contributed by atoms with Crippen LogP contribution in [-0.2, 0) is 30.4 Å². The van der Waals surface area contributed by atoms with E-state index in [-0.39, 0.29) is 47.1 Å². The monoisotopic (exact) mass is 992 g/mol. The van der Waals surface area contributed by atoms with Crippen LogP contribution in [0.4, 0.5) is 0 Å². The first-order chi connectivity index (χ1) is 30.4. The number of halogens is 2. The van der Waals surface area contributed by atoms with Crippen molar-refractivity contribution in [2.45, 2.75) is 60.5 Å². The quantitative estimate of drug-likeness (QED) is 0.153. The third kappa shape index (κ3) is 6.61. The van der Waals surface area contributed by atoms with Gasteiger partial charge >= 0.3 is 0 Å². The zero-order valence-corrected chi connectivity index (χ0v) is 38.4. The molecule has 12 atom stereocenters. The molecule has 2 aromatic rings. The van der Waals surface area contributed by atoms with Crippen molar-refractivity contribution in [2.24, 2.45) is 35.1 Å². The first-order valence-corrected chi connectivity index (χ1v) is 20.2. The molecule has 22 nitrogen and oxygen atoms in total. The number of likely N-dealkylation sites (N-methyl/N-ethyl adjacent to an activating group) is 2. The van der Waals surface area contributed by atoms with E-state index < -0.39 is 162 Å². The number of fused-ring (bicyclic) bond motifs is 6. The fourth-order valence-corrected chi connectivity index (χ4v) is 11.2. The lowest BCUT2D eigenvalue weighted by atomic mass is 9.54. The molecule has 0 aliphatic heterocycles.